The molecule has 0 spiro atoms. The number of nitrogens with one attached hydrogen (secondary N) is 2. The van der Waals surface area contributed by atoms with E-state index in [-0.39, 0.29) is 18.1 Å². The first-order valence-corrected chi connectivity index (χ1v) is 7.56. The molecule has 1 fully saturated rings. The lowest BCUT2D eigenvalue weighted by atomic mass is 9.89. The number of aryl methyl sites for hydroxylation is 1. The highest BCUT2D eigenvalue weighted by atomic mass is 16.5. The third kappa shape index (κ3) is 4.15. The lowest BCUT2D eigenvalue weighted by molar-refractivity contribution is -0.00862. The lowest BCUT2D eigenvalue weighted by Gasteiger charge is -2.35. The Hall–Kier alpha value is -1.66. The molecule has 0 atom stereocenters. The van der Waals surface area contributed by atoms with Gasteiger partial charge in [-0.25, -0.2) is 10.8 Å². The molecule has 1 aromatic heterocycles. The van der Waals surface area contributed by atoms with Crippen molar-refractivity contribution >= 4 is 11.7 Å². The Labute approximate surface area is 125 Å². The minimum Gasteiger partial charge on any atom is -0.378 e. The lowest BCUT2D eigenvalue weighted by Crippen LogP contribution is -2.47. The normalized spacial score (nSPS) is 20.7. The number of carbonyl (C=O) groups is 1. The molecule has 116 valence electrons. The summed E-state index contributed by atoms with van der Waals surface area (Å²) in [6.45, 7) is 4.79. The number of ether oxygens (including phenoxy) is 1. The van der Waals surface area contributed by atoms with Crippen molar-refractivity contribution in [2.24, 2.45) is 5.84 Å². The fraction of sp³-hybridized carbons (Fsp3) is 0.600. The molecule has 1 saturated carbocycles. The first-order chi connectivity index (χ1) is 10.2. The van der Waals surface area contributed by atoms with E-state index in [1.54, 1.807) is 6.07 Å². The zero-order valence-electron chi connectivity index (χ0n) is 12.7. The van der Waals surface area contributed by atoms with Crippen LogP contribution in [-0.2, 0) is 11.2 Å². The summed E-state index contributed by atoms with van der Waals surface area (Å²) >= 11 is 0. The average molecular weight is 292 g/mol. The van der Waals surface area contributed by atoms with E-state index in [9.17, 15) is 4.79 Å². The molecule has 6 nitrogen and oxygen atoms in total. The molecular formula is C15H24N4O2. The summed E-state index contributed by atoms with van der Waals surface area (Å²) in [6.07, 6.45) is 3.85. The van der Waals surface area contributed by atoms with Gasteiger partial charge in [-0.1, -0.05) is 13.3 Å². The number of hydrogen-bond acceptors (Lipinski definition) is 5. The highest BCUT2D eigenvalue weighted by molar-refractivity contribution is 5.95. The van der Waals surface area contributed by atoms with Crippen LogP contribution in [0.25, 0.3) is 0 Å². The van der Waals surface area contributed by atoms with E-state index in [2.05, 4.69) is 22.7 Å². The first kappa shape index (κ1) is 15.7. The van der Waals surface area contributed by atoms with Crippen LogP contribution in [0.5, 0.6) is 0 Å². The van der Waals surface area contributed by atoms with Crippen LogP contribution in [0.4, 0.5) is 5.82 Å². The van der Waals surface area contributed by atoms with Gasteiger partial charge in [-0.15, -0.1) is 0 Å². The maximum absolute atomic E-state index is 12.3. The largest absolute Gasteiger partial charge is 0.378 e. The Morgan fingerprint density at radius 2 is 2.19 bits per heavy atom. The van der Waals surface area contributed by atoms with Crippen molar-refractivity contribution in [3.8, 4) is 0 Å². The number of rotatable bonds is 7. The van der Waals surface area contributed by atoms with Crippen LogP contribution in [0, 0.1) is 0 Å². The van der Waals surface area contributed by atoms with Crippen LogP contribution in [0.2, 0.25) is 0 Å². The van der Waals surface area contributed by atoms with E-state index >= 15 is 0 Å². The number of anilines is 1. The Bertz CT molecular complexity index is 487. The fourth-order valence-corrected chi connectivity index (χ4v) is 2.50. The summed E-state index contributed by atoms with van der Waals surface area (Å²) in [5.74, 6) is 5.86. The number of carbonyl (C=O) groups excluding carboxylic acids is 1. The summed E-state index contributed by atoms with van der Waals surface area (Å²) in [7, 11) is 0. The standard InChI is InChI=1S/C15H24N4O2/c1-3-5-11-6-10(7-14(17-11)19-16)15(20)18-12-8-13(9-12)21-4-2/h6-7,12-13H,3-5,8-9,16H2,1-2H3,(H,17,19)(H,18,20). The topological polar surface area (TPSA) is 89.3 Å². The molecule has 0 unspecified atom stereocenters. The van der Waals surface area contributed by atoms with Crippen molar-refractivity contribution < 1.29 is 9.53 Å². The van der Waals surface area contributed by atoms with Gasteiger partial charge in [0.05, 0.1) is 6.10 Å². The van der Waals surface area contributed by atoms with Crippen molar-refractivity contribution in [2.45, 2.75) is 51.7 Å². The average Bonchev–Trinajstić information content (AvgIpc) is 2.45. The zero-order valence-corrected chi connectivity index (χ0v) is 12.7. The summed E-state index contributed by atoms with van der Waals surface area (Å²) < 4.78 is 5.50. The number of nitrogen functional groups attached to an aromatic ring is 1. The van der Waals surface area contributed by atoms with Crippen LogP contribution in [-0.4, -0.2) is 29.6 Å². The van der Waals surface area contributed by atoms with Crippen molar-refractivity contribution in [1.82, 2.24) is 10.3 Å². The number of pyridine rings is 1. The second-order valence-corrected chi connectivity index (χ2v) is 5.35. The summed E-state index contributed by atoms with van der Waals surface area (Å²) in [4.78, 5) is 16.6. The summed E-state index contributed by atoms with van der Waals surface area (Å²) in [5, 5.41) is 3.03. The predicted octanol–water partition coefficient (Wildman–Crippen LogP) is 1.62. The number of hydrogen-bond donors (Lipinski definition) is 3. The van der Waals surface area contributed by atoms with Crippen molar-refractivity contribution in [2.75, 3.05) is 12.0 Å². The SMILES string of the molecule is CCCc1cc(C(=O)NC2CC(OCC)C2)cc(NN)n1. The molecule has 1 aromatic rings. The molecule has 1 aliphatic rings. The molecule has 2 rings (SSSR count). The summed E-state index contributed by atoms with van der Waals surface area (Å²) in [6, 6.07) is 3.71. The van der Waals surface area contributed by atoms with E-state index in [4.69, 9.17) is 10.6 Å². The number of amides is 1. The van der Waals surface area contributed by atoms with Gasteiger partial charge >= 0.3 is 0 Å². The van der Waals surface area contributed by atoms with Gasteiger partial charge in [-0.3, -0.25) is 4.79 Å². The molecule has 1 aliphatic carbocycles. The highest BCUT2D eigenvalue weighted by Gasteiger charge is 2.30. The van der Waals surface area contributed by atoms with Crippen molar-refractivity contribution in [3.63, 3.8) is 0 Å². The second kappa shape index (κ2) is 7.38. The quantitative estimate of drug-likeness (QED) is 0.525. The molecule has 4 N–H and O–H groups in total. The van der Waals surface area contributed by atoms with Crippen LogP contribution in [0.15, 0.2) is 12.1 Å². The Balaban J connectivity index is 1.97. The van der Waals surface area contributed by atoms with Crippen molar-refractivity contribution in [1.29, 1.82) is 0 Å². The maximum atomic E-state index is 12.3. The Morgan fingerprint density at radius 3 is 2.81 bits per heavy atom. The minimum absolute atomic E-state index is 0.0776. The zero-order chi connectivity index (χ0) is 15.2. The molecule has 0 aliphatic heterocycles. The molecule has 0 saturated heterocycles. The molecule has 1 heterocycles. The minimum atomic E-state index is -0.0776. The van der Waals surface area contributed by atoms with E-state index in [0.717, 1.165) is 38.0 Å². The van der Waals surface area contributed by atoms with E-state index < -0.39 is 0 Å². The third-order valence-corrected chi connectivity index (χ3v) is 3.63. The Kier molecular flexibility index (Phi) is 5.52. The predicted molar refractivity (Wildman–Crippen MR) is 81.9 cm³/mol. The van der Waals surface area contributed by atoms with Crippen molar-refractivity contribution in [3.05, 3.63) is 23.4 Å². The van der Waals surface area contributed by atoms with Gasteiger partial charge < -0.3 is 15.5 Å². The van der Waals surface area contributed by atoms with Crippen LogP contribution in [0.1, 0.15) is 49.2 Å². The van der Waals surface area contributed by atoms with Crippen LogP contribution < -0.4 is 16.6 Å². The van der Waals surface area contributed by atoms with Gasteiger partial charge in [0.1, 0.15) is 5.82 Å². The van der Waals surface area contributed by atoms with Gasteiger partial charge in [-0.05, 0) is 38.3 Å². The van der Waals surface area contributed by atoms with Gasteiger partial charge in [-0.2, -0.15) is 0 Å². The van der Waals surface area contributed by atoms with Gasteiger partial charge in [0.25, 0.3) is 5.91 Å². The molecule has 1 amide bonds. The molecular weight excluding hydrogens is 268 g/mol. The fourth-order valence-electron chi connectivity index (χ4n) is 2.50. The monoisotopic (exact) mass is 292 g/mol. The second-order valence-electron chi connectivity index (χ2n) is 5.35. The van der Waals surface area contributed by atoms with Gasteiger partial charge in [0.15, 0.2) is 0 Å². The molecule has 0 radical (unpaired) electrons. The first-order valence-electron chi connectivity index (χ1n) is 7.56. The highest BCUT2D eigenvalue weighted by Crippen LogP contribution is 2.23. The Morgan fingerprint density at radius 1 is 1.43 bits per heavy atom. The van der Waals surface area contributed by atoms with Gasteiger partial charge in [0.2, 0.25) is 0 Å². The number of nitrogens with two attached hydrogens (primary N) is 1. The van der Waals surface area contributed by atoms with Crippen LogP contribution >= 0.6 is 0 Å². The maximum Gasteiger partial charge on any atom is 0.251 e. The number of hydrazine groups is 1. The third-order valence-electron chi connectivity index (χ3n) is 3.63. The van der Waals surface area contributed by atoms with E-state index in [0.29, 0.717) is 11.4 Å². The van der Waals surface area contributed by atoms with Crippen LogP contribution in [0.3, 0.4) is 0 Å². The number of aromatic nitrogens is 1. The van der Waals surface area contributed by atoms with Gasteiger partial charge in [0, 0.05) is 23.9 Å². The molecule has 21 heavy (non-hydrogen) atoms. The van der Waals surface area contributed by atoms with E-state index in [1.165, 1.54) is 0 Å². The molecule has 6 heteroatoms. The summed E-state index contributed by atoms with van der Waals surface area (Å²) in [5.41, 5.74) is 3.99. The molecule has 0 aromatic carbocycles. The van der Waals surface area contributed by atoms with E-state index in [1.807, 2.05) is 13.0 Å². The number of nitrogens with zero attached hydrogens (tertiary/aromatic N) is 1. The molecule has 0 bridgehead atoms. The smallest absolute Gasteiger partial charge is 0.251 e.